The Balaban J connectivity index is 1.89. The zero-order valence-corrected chi connectivity index (χ0v) is 11.4. The Morgan fingerprint density at radius 3 is 2.63 bits per heavy atom. The molecule has 19 heavy (non-hydrogen) atoms. The van der Waals surface area contributed by atoms with Gasteiger partial charge in [-0.1, -0.05) is 37.3 Å². The van der Waals surface area contributed by atoms with Crippen LogP contribution in [0, 0.1) is 0 Å². The molecule has 0 amide bonds. The molecule has 0 saturated heterocycles. The Morgan fingerprint density at radius 2 is 1.89 bits per heavy atom. The van der Waals surface area contributed by atoms with Crippen molar-refractivity contribution in [1.82, 2.24) is 4.98 Å². The minimum Gasteiger partial charge on any atom is -0.393 e. The molecule has 2 heteroatoms. The van der Waals surface area contributed by atoms with Crippen molar-refractivity contribution in [2.75, 3.05) is 0 Å². The Morgan fingerprint density at radius 1 is 1.11 bits per heavy atom. The van der Waals surface area contributed by atoms with Crippen molar-refractivity contribution in [3.8, 4) is 0 Å². The lowest BCUT2D eigenvalue weighted by Gasteiger charge is -2.13. The van der Waals surface area contributed by atoms with Gasteiger partial charge in [0.15, 0.2) is 0 Å². The molecular formula is C17H21NO. The van der Waals surface area contributed by atoms with Crippen LogP contribution in [0.5, 0.6) is 0 Å². The Bertz CT molecular complexity index is 496. The molecule has 2 aromatic rings. The molecule has 0 spiro atoms. The summed E-state index contributed by atoms with van der Waals surface area (Å²) in [5, 5.41) is 10.2. The molecule has 1 atom stereocenters. The average Bonchev–Trinajstić information content (AvgIpc) is 2.47. The third-order valence-corrected chi connectivity index (χ3v) is 3.45. The van der Waals surface area contributed by atoms with E-state index in [-0.39, 0.29) is 6.10 Å². The van der Waals surface area contributed by atoms with E-state index in [1.807, 2.05) is 30.5 Å². The lowest BCUT2D eigenvalue weighted by atomic mass is 9.98. The van der Waals surface area contributed by atoms with Gasteiger partial charge in [-0.3, -0.25) is 4.98 Å². The third-order valence-electron chi connectivity index (χ3n) is 3.45. The molecule has 0 radical (unpaired) electrons. The fourth-order valence-corrected chi connectivity index (χ4v) is 2.31. The highest BCUT2D eigenvalue weighted by molar-refractivity contribution is 5.24. The van der Waals surface area contributed by atoms with Gasteiger partial charge in [-0.2, -0.15) is 0 Å². The van der Waals surface area contributed by atoms with Gasteiger partial charge in [-0.05, 0) is 48.4 Å². The summed E-state index contributed by atoms with van der Waals surface area (Å²) in [6.45, 7) is 2.12. The van der Waals surface area contributed by atoms with Crippen LogP contribution in [0.3, 0.4) is 0 Å². The van der Waals surface area contributed by atoms with Crippen molar-refractivity contribution < 1.29 is 5.11 Å². The predicted octanol–water partition coefficient (Wildman–Crippen LogP) is 3.18. The van der Waals surface area contributed by atoms with Gasteiger partial charge in [0.1, 0.15) is 0 Å². The van der Waals surface area contributed by atoms with Crippen molar-refractivity contribution >= 4 is 0 Å². The van der Waals surface area contributed by atoms with E-state index in [4.69, 9.17) is 0 Å². The molecule has 1 N–H and O–H groups in total. The highest BCUT2D eigenvalue weighted by atomic mass is 16.3. The van der Waals surface area contributed by atoms with Crippen LogP contribution in [0.1, 0.15) is 30.0 Å². The number of aryl methyl sites for hydroxylation is 2. The minimum atomic E-state index is -0.284. The van der Waals surface area contributed by atoms with Gasteiger partial charge in [0.25, 0.3) is 0 Å². The molecule has 0 aliphatic rings. The molecular weight excluding hydrogens is 234 g/mol. The first-order chi connectivity index (χ1) is 9.29. The zero-order chi connectivity index (χ0) is 13.5. The SMILES string of the molecule is CCc1cnccc1CC(O)CCc1ccccc1. The summed E-state index contributed by atoms with van der Waals surface area (Å²) in [7, 11) is 0. The van der Waals surface area contributed by atoms with E-state index in [9.17, 15) is 5.11 Å². The topological polar surface area (TPSA) is 33.1 Å². The highest BCUT2D eigenvalue weighted by Crippen LogP contribution is 2.13. The second-order valence-corrected chi connectivity index (χ2v) is 4.88. The first-order valence-corrected chi connectivity index (χ1v) is 6.93. The summed E-state index contributed by atoms with van der Waals surface area (Å²) >= 11 is 0. The van der Waals surface area contributed by atoms with Crippen molar-refractivity contribution in [3.05, 3.63) is 65.5 Å². The molecule has 0 aliphatic carbocycles. The number of aliphatic hydroxyl groups is 1. The molecule has 1 heterocycles. The number of rotatable bonds is 6. The molecule has 0 fully saturated rings. The van der Waals surface area contributed by atoms with Crippen LogP contribution in [0.4, 0.5) is 0 Å². The number of aliphatic hydroxyl groups excluding tert-OH is 1. The Kier molecular flexibility index (Phi) is 5.10. The monoisotopic (exact) mass is 255 g/mol. The van der Waals surface area contributed by atoms with E-state index in [0.717, 1.165) is 25.7 Å². The molecule has 1 unspecified atom stereocenters. The molecule has 0 bridgehead atoms. The number of benzene rings is 1. The normalized spacial score (nSPS) is 12.3. The average molecular weight is 255 g/mol. The molecule has 2 nitrogen and oxygen atoms in total. The molecule has 1 aromatic carbocycles. The van der Waals surface area contributed by atoms with Gasteiger partial charge in [-0.25, -0.2) is 0 Å². The van der Waals surface area contributed by atoms with Crippen LogP contribution in [0.2, 0.25) is 0 Å². The van der Waals surface area contributed by atoms with Crippen LogP contribution >= 0.6 is 0 Å². The summed E-state index contributed by atoms with van der Waals surface area (Å²) in [6.07, 6.45) is 6.84. The highest BCUT2D eigenvalue weighted by Gasteiger charge is 2.08. The summed E-state index contributed by atoms with van der Waals surface area (Å²) in [5.41, 5.74) is 3.74. The first kappa shape index (κ1) is 13.8. The second-order valence-electron chi connectivity index (χ2n) is 4.88. The summed E-state index contributed by atoms with van der Waals surface area (Å²) < 4.78 is 0. The fourth-order valence-electron chi connectivity index (χ4n) is 2.31. The molecule has 0 saturated carbocycles. The Hall–Kier alpha value is -1.67. The molecule has 1 aromatic heterocycles. The smallest absolute Gasteiger partial charge is 0.0583 e. The summed E-state index contributed by atoms with van der Waals surface area (Å²) in [5.74, 6) is 0. The van der Waals surface area contributed by atoms with Crippen LogP contribution in [-0.4, -0.2) is 16.2 Å². The Labute approximate surface area is 115 Å². The van der Waals surface area contributed by atoms with Crippen molar-refractivity contribution in [2.45, 2.75) is 38.7 Å². The maximum Gasteiger partial charge on any atom is 0.0583 e. The van der Waals surface area contributed by atoms with E-state index < -0.39 is 0 Å². The van der Waals surface area contributed by atoms with E-state index in [2.05, 4.69) is 24.0 Å². The van der Waals surface area contributed by atoms with Crippen LogP contribution in [-0.2, 0) is 19.3 Å². The summed E-state index contributed by atoms with van der Waals surface area (Å²) in [6, 6.07) is 12.3. The van der Waals surface area contributed by atoms with Gasteiger partial charge in [-0.15, -0.1) is 0 Å². The largest absolute Gasteiger partial charge is 0.393 e. The van der Waals surface area contributed by atoms with Crippen LogP contribution < -0.4 is 0 Å². The second kappa shape index (κ2) is 7.05. The summed E-state index contributed by atoms with van der Waals surface area (Å²) in [4.78, 5) is 4.14. The van der Waals surface area contributed by atoms with Crippen molar-refractivity contribution in [3.63, 3.8) is 0 Å². The number of hydrogen-bond acceptors (Lipinski definition) is 2. The first-order valence-electron chi connectivity index (χ1n) is 6.93. The minimum absolute atomic E-state index is 0.284. The number of hydrogen-bond donors (Lipinski definition) is 1. The number of pyridine rings is 1. The zero-order valence-electron chi connectivity index (χ0n) is 11.4. The van der Waals surface area contributed by atoms with Gasteiger partial charge in [0.2, 0.25) is 0 Å². The van der Waals surface area contributed by atoms with Gasteiger partial charge in [0, 0.05) is 12.4 Å². The van der Waals surface area contributed by atoms with Gasteiger partial charge in [0.05, 0.1) is 6.10 Å². The van der Waals surface area contributed by atoms with E-state index in [1.165, 1.54) is 16.7 Å². The molecule has 100 valence electrons. The van der Waals surface area contributed by atoms with E-state index in [0.29, 0.717) is 0 Å². The van der Waals surface area contributed by atoms with Crippen molar-refractivity contribution in [2.24, 2.45) is 0 Å². The standard InChI is InChI=1S/C17H21NO/c1-2-15-13-18-11-10-16(15)12-17(19)9-8-14-6-4-3-5-7-14/h3-7,10-11,13,17,19H,2,8-9,12H2,1H3. The molecule has 0 aliphatic heterocycles. The maximum atomic E-state index is 10.2. The third kappa shape index (κ3) is 4.18. The molecule has 2 rings (SSSR count). The lowest BCUT2D eigenvalue weighted by molar-refractivity contribution is 0.165. The van der Waals surface area contributed by atoms with Crippen molar-refractivity contribution in [1.29, 1.82) is 0 Å². The predicted molar refractivity (Wildman–Crippen MR) is 78.1 cm³/mol. The number of aromatic nitrogens is 1. The lowest BCUT2D eigenvalue weighted by Crippen LogP contribution is -2.13. The van der Waals surface area contributed by atoms with Gasteiger partial charge < -0.3 is 5.11 Å². The van der Waals surface area contributed by atoms with Gasteiger partial charge >= 0.3 is 0 Å². The quantitative estimate of drug-likeness (QED) is 0.860. The van der Waals surface area contributed by atoms with E-state index >= 15 is 0 Å². The fraction of sp³-hybridized carbons (Fsp3) is 0.353. The van der Waals surface area contributed by atoms with Crippen LogP contribution in [0.25, 0.3) is 0 Å². The van der Waals surface area contributed by atoms with E-state index in [1.54, 1.807) is 6.20 Å². The van der Waals surface area contributed by atoms with Crippen LogP contribution in [0.15, 0.2) is 48.8 Å². The number of nitrogens with zero attached hydrogens (tertiary/aromatic N) is 1. The maximum absolute atomic E-state index is 10.2.